The molecule has 0 spiro atoms. The SMILES string of the molecule is C=C(Cl)CNC(C)C(=O)NC(C)CC. The molecule has 0 radical (unpaired) electrons. The maximum Gasteiger partial charge on any atom is 0.237 e. The number of carbonyl (C=O) groups excluding carboxylic acids is 1. The zero-order valence-corrected chi connectivity index (χ0v) is 9.82. The first-order chi connectivity index (χ1) is 6.47. The van der Waals surface area contributed by atoms with Gasteiger partial charge in [0.1, 0.15) is 0 Å². The second kappa shape index (κ2) is 6.85. The van der Waals surface area contributed by atoms with Gasteiger partial charge in [0.25, 0.3) is 0 Å². The van der Waals surface area contributed by atoms with Gasteiger partial charge in [0, 0.05) is 17.6 Å². The van der Waals surface area contributed by atoms with Crippen LogP contribution in [-0.4, -0.2) is 24.5 Å². The highest BCUT2D eigenvalue weighted by Crippen LogP contribution is 1.95. The van der Waals surface area contributed by atoms with Gasteiger partial charge >= 0.3 is 0 Å². The van der Waals surface area contributed by atoms with Gasteiger partial charge in [-0.2, -0.15) is 0 Å². The smallest absolute Gasteiger partial charge is 0.237 e. The van der Waals surface area contributed by atoms with Crippen LogP contribution in [0.5, 0.6) is 0 Å². The second-order valence-electron chi connectivity index (χ2n) is 3.44. The molecule has 0 aromatic rings. The van der Waals surface area contributed by atoms with E-state index >= 15 is 0 Å². The first kappa shape index (κ1) is 13.5. The van der Waals surface area contributed by atoms with Crippen molar-refractivity contribution in [1.82, 2.24) is 10.6 Å². The minimum atomic E-state index is -0.237. The Morgan fingerprint density at radius 2 is 2.07 bits per heavy atom. The van der Waals surface area contributed by atoms with Crippen molar-refractivity contribution in [3.63, 3.8) is 0 Å². The maximum atomic E-state index is 11.5. The van der Waals surface area contributed by atoms with Crippen molar-refractivity contribution in [1.29, 1.82) is 0 Å². The summed E-state index contributed by atoms with van der Waals surface area (Å²) in [6.07, 6.45) is 0.931. The number of hydrogen-bond donors (Lipinski definition) is 2. The molecule has 82 valence electrons. The van der Waals surface area contributed by atoms with Crippen LogP contribution in [-0.2, 0) is 4.79 Å². The first-order valence-electron chi connectivity index (χ1n) is 4.84. The lowest BCUT2D eigenvalue weighted by Crippen LogP contribution is -2.45. The molecule has 14 heavy (non-hydrogen) atoms. The number of halogens is 1. The van der Waals surface area contributed by atoms with Gasteiger partial charge in [-0.15, -0.1) is 0 Å². The Hall–Kier alpha value is -0.540. The van der Waals surface area contributed by atoms with Gasteiger partial charge in [0.05, 0.1) is 6.04 Å². The zero-order valence-electron chi connectivity index (χ0n) is 9.06. The molecule has 0 aliphatic carbocycles. The third-order valence-corrected chi connectivity index (χ3v) is 2.13. The molecule has 0 fully saturated rings. The molecule has 1 amide bonds. The lowest BCUT2D eigenvalue weighted by molar-refractivity contribution is -0.123. The van der Waals surface area contributed by atoms with Gasteiger partial charge in [-0.05, 0) is 20.3 Å². The summed E-state index contributed by atoms with van der Waals surface area (Å²) >= 11 is 5.57. The molecule has 0 heterocycles. The van der Waals surface area contributed by atoms with Crippen LogP contribution in [0.15, 0.2) is 11.6 Å². The Bertz CT molecular complexity index is 206. The highest BCUT2D eigenvalue weighted by Gasteiger charge is 2.13. The third-order valence-electron chi connectivity index (χ3n) is 1.99. The molecule has 0 aromatic heterocycles. The molecular formula is C10H19ClN2O. The molecule has 2 unspecified atom stereocenters. The molecule has 3 nitrogen and oxygen atoms in total. The number of rotatable bonds is 6. The maximum absolute atomic E-state index is 11.5. The van der Waals surface area contributed by atoms with Crippen LogP contribution in [0.25, 0.3) is 0 Å². The largest absolute Gasteiger partial charge is 0.352 e. The van der Waals surface area contributed by atoms with E-state index in [-0.39, 0.29) is 18.0 Å². The van der Waals surface area contributed by atoms with E-state index in [1.807, 2.05) is 13.8 Å². The average Bonchev–Trinajstić information content (AvgIpc) is 2.13. The standard InChI is InChI=1S/C10H19ClN2O/c1-5-8(3)13-10(14)9(4)12-6-7(2)11/h8-9,12H,2,5-6H2,1,3-4H3,(H,13,14). The highest BCUT2D eigenvalue weighted by atomic mass is 35.5. The van der Waals surface area contributed by atoms with Crippen LogP contribution in [0.4, 0.5) is 0 Å². The Kier molecular flexibility index (Phi) is 6.58. The molecule has 2 atom stereocenters. The number of hydrogen-bond acceptors (Lipinski definition) is 2. The summed E-state index contributed by atoms with van der Waals surface area (Å²) in [5.74, 6) is -0.00253. The molecule has 0 aliphatic heterocycles. The topological polar surface area (TPSA) is 41.1 Å². The highest BCUT2D eigenvalue weighted by molar-refractivity contribution is 6.29. The van der Waals surface area contributed by atoms with E-state index in [4.69, 9.17) is 11.6 Å². The van der Waals surface area contributed by atoms with Crippen LogP contribution in [0.3, 0.4) is 0 Å². The number of amides is 1. The second-order valence-corrected chi connectivity index (χ2v) is 3.97. The minimum absolute atomic E-state index is 0.00253. The van der Waals surface area contributed by atoms with Crippen molar-refractivity contribution in [2.24, 2.45) is 0 Å². The van der Waals surface area contributed by atoms with Crippen molar-refractivity contribution in [2.45, 2.75) is 39.3 Å². The minimum Gasteiger partial charge on any atom is -0.352 e. The summed E-state index contributed by atoms with van der Waals surface area (Å²) < 4.78 is 0. The molecule has 2 N–H and O–H groups in total. The first-order valence-corrected chi connectivity index (χ1v) is 5.22. The quantitative estimate of drug-likeness (QED) is 0.712. The van der Waals surface area contributed by atoms with Crippen LogP contribution < -0.4 is 10.6 Å². The Morgan fingerprint density at radius 3 is 2.50 bits per heavy atom. The van der Waals surface area contributed by atoms with E-state index < -0.39 is 0 Å². The Morgan fingerprint density at radius 1 is 1.50 bits per heavy atom. The van der Waals surface area contributed by atoms with E-state index in [0.29, 0.717) is 11.6 Å². The molecule has 0 bridgehead atoms. The fourth-order valence-electron chi connectivity index (χ4n) is 0.826. The van der Waals surface area contributed by atoms with Gasteiger partial charge in [0.15, 0.2) is 0 Å². The molecular weight excluding hydrogens is 200 g/mol. The van der Waals surface area contributed by atoms with E-state index in [2.05, 4.69) is 17.2 Å². The van der Waals surface area contributed by atoms with Crippen LogP contribution >= 0.6 is 11.6 Å². The molecule has 0 saturated carbocycles. The fraction of sp³-hybridized carbons (Fsp3) is 0.700. The summed E-state index contributed by atoms with van der Waals surface area (Å²) in [6.45, 7) is 9.80. The van der Waals surface area contributed by atoms with Crippen LogP contribution in [0, 0.1) is 0 Å². The summed E-state index contributed by atoms with van der Waals surface area (Å²) in [7, 11) is 0. The lowest BCUT2D eigenvalue weighted by Gasteiger charge is -2.17. The summed E-state index contributed by atoms with van der Waals surface area (Å²) in [5.41, 5.74) is 0. The normalized spacial score (nSPS) is 14.6. The lowest BCUT2D eigenvalue weighted by atomic mass is 10.2. The molecule has 4 heteroatoms. The summed E-state index contributed by atoms with van der Waals surface area (Å²) in [5, 5.41) is 6.35. The van der Waals surface area contributed by atoms with E-state index in [9.17, 15) is 4.79 Å². The van der Waals surface area contributed by atoms with Gasteiger partial charge in [-0.1, -0.05) is 25.1 Å². The zero-order chi connectivity index (χ0) is 11.1. The Balaban J connectivity index is 3.81. The molecule has 0 rings (SSSR count). The number of nitrogens with one attached hydrogen (secondary N) is 2. The Labute approximate surface area is 90.9 Å². The monoisotopic (exact) mass is 218 g/mol. The van der Waals surface area contributed by atoms with E-state index in [0.717, 1.165) is 6.42 Å². The van der Waals surface area contributed by atoms with Gasteiger partial charge < -0.3 is 10.6 Å². The third kappa shape index (κ3) is 6.00. The van der Waals surface area contributed by atoms with Crippen molar-refractivity contribution in [3.05, 3.63) is 11.6 Å². The van der Waals surface area contributed by atoms with Crippen molar-refractivity contribution >= 4 is 17.5 Å². The van der Waals surface area contributed by atoms with Crippen LogP contribution in [0.1, 0.15) is 27.2 Å². The predicted molar refractivity (Wildman–Crippen MR) is 60.4 cm³/mol. The molecule has 0 saturated heterocycles. The van der Waals surface area contributed by atoms with Gasteiger partial charge in [-0.3, -0.25) is 4.79 Å². The molecule has 0 aliphatic rings. The van der Waals surface area contributed by atoms with Crippen molar-refractivity contribution < 1.29 is 4.79 Å². The fourth-order valence-corrected chi connectivity index (χ4v) is 0.904. The molecule has 0 aromatic carbocycles. The summed E-state index contributed by atoms with van der Waals surface area (Å²) in [4.78, 5) is 11.5. The van der Waals surface area contributed by atoms with Gasteiger partial charge in [-0.25, -0.2) is 0 Å². The predicted octanol–water partition coefficient (Wildman–Crippen LogP) is 1.63. The van der Waals surface area contributed by atoms with Gasteiger partial charge in [0.2, 0.25) is 5.91 Å². The van der Waals surface area contributed by atoms with Crippen LogP contribution in [0.2, 0.25) is 0 Å². The van der Waals surface area contributed by atoms with E-state index in [1.54, 1.807) is 6.92 Å². The average molecular weight is 219 g/mol. The van der Waals surface area contributed by atoms with Crippen molar-refractivity contribution in [3.8, 4) is 0 Å². The summed E-state index contributed by atoms with van der Waals surface area (Å²) in [6, 6.07) is -0.0227. The number of carbonyl (C=O) groups is 1. The van der Waals surface area contributed by atoms with Crippen molar-refractivity contribution in [2.75, 3.05) is 6.54 Å². The van der Waals surface area contributed by atoms with E-state index in [1.165, 1.54) is 0 Å².